The minimum Gasteiger partial charge on any atom is -0.380 e. The average Bonchev–Trinajstić information content (AvgIpc) is 3.57. The van der Waals surface area contributed by atoms with Crippen molar-refractivity contribution in [3.63, 3.8) is 0 Å². The van der Waals surface area contributed by atoms with E-state index < -0.39 is 35.3 Å². The first-order chi connectivity index (χ1) is 18.7. The van der Waals surface area contributed by atoms with Crippen molar-refractivity contribution in [3.05, 3.63) is 46.5 Å². The Hall–Kier alpha value is -3.19. The molecule has 1 aliphatic carbocycles. The second kappa shape index (κ2) is 10.0. The largest absolute Gasteiger partial charge is 0.418 e. The number of alkyl halides is 6. The van der Waals surface area contributed by atoms with Crippen molar-refractivity contribution in [2.45, 2.75) is 50.2 Å². The molecular weight excluding hydrogens is 564 g/mol. The molecule has 2 aromatic carbocycles. The Morgan fingerprint density at radius 1 is 1.12 bits per heavy atom. The summed E-state index contributed by atoms with van der Waals surface area (Å²) in [4.78, 5) is 18.2. The number of hydrogen-bond donors (Lipinski definition) is 3. The van der Waals surface area contributed by atoms with Gasteiger partial charge in [-0.25, -0.2) is 4.98 Å². The van der Waals surface area contributed by atoms with Gasteiger partial charge in [0.05, 0.1) is 38.9 Å². The Labute approximate surface area is 230 Å². The molecule has 0 unspecified atom stereocenters. The third-order valence-electron chi connectivity index (χ3n) is 7.48. The van der Waals surface area contributed by atoms with Crippen molar-refractivity contribution in [2.24, 2.45) is 13.0 Å². The molecule has 1 amide bonds. The molecule has 7 nitrogen and oxygen atoms in total. The number of benzene rings is 2. The zero-order valence-corrected chi connectivity index (χ0v) is 22.0. The number of nitrogens with one attached hydrogen (secondary N) is 2. The number of amides is 1. The molecule has 40 heavy (non-hydrogen) atoms. The molecular formula is C26H26ClF6N5O2. The third-order valence-corrected chi connectivity index (χ3v) is 7.79. The second-order valence-corrected chi connectivity index (χ2v) is 10.7. The SMILES string of the molecule is Cn1c(Nc2cc(CNC(=O)C3(O)CC3)ccc2C(F)(F)F)nc2cc(Cl)c(N3CCC(C(F)(F)F)CC3)cc21. The lowest BCUT2D eigenvalue weighted by molar-refractivity contribution is -0.179. The van der Waals surface area contributed by atoms with E-state index in [-0.39, 0.29) is 49.1 Å². The molecule has 216 valence electrons. The summed E-state index contributed by atoms with van der Waals surface area (Å²) in [5.41, 5.74) is -0.832. The van der Waals surface area contributed by atoms with E-state index in [0.29, 0.717) is 35.1 Å². The monoisotopic (exact) mass is 589 g/mol. The fraction of sp³-hybridized carbons (Fsp3) is 0.462. The smallest absolute Gasteiger partial charge is 0.380 e. The molecule has 2 aliphatic rings. The van der Waals surface area contributed by atoms with E-state index in [1.165, 1.54) is 22.8 Å². The molecule has 5 rings (SSSR count). The average molecular weight is 590 g/mol. The quantitative estimate of drug-likeness (QED) is 0.312. The predicted molar refractivity (Wildman–Crippen MR) is 137 cm³/mol. The molecule has 2 heterocycles. The van der Waals surface area contributed by atoms with Crippen molar-refractivity contribution in [2.75, 3.05) is 23.3 Å². The molecule has 1 saturated heterocycles. The van der Waals surface area contributed by atoms with Crippen LogP contribution in [0.2, 0.25) is 5.02 Å². The second-order valence-electron chi connectivity index (χ2n) is 10.3. The number of piperidine rings is 1. The van der Waals surface area contributed by atoms with Crippen LogP contribution in [0.4, 0.5) is 43.7 Å². The van der Waals surface area contributed by atoms with Gasteiger partial charge < -0.3 is 25.2 Å². The number of aromatic nitrogens is 2. The number of imidazole rings is 1. The summed E-state index contributed by atoms with van der Waals surface area (Å²) < 4.78 is 82.2. The van der Waals surface area contributed by atoms with Crippen LogP contribution in [0.1, 0.15) is 36.8 Å². The number of fused-ring (bicyclic) bond motifs is 1. The lowest BCUT2D eigenvalue weighted by Gasteiger charge is -2.34. The van der Waals surface area contributed by atoms with E-state index in [9.17, 15) is 36.2 Å². The molecule has 3 N–H and O–H groups in total. The van der Waals surface area contributed by atoms with E-state index in [4.69, 9.17) is 11.6 Å². The van der Waals surface area contributed by atoms with Crippen LogP contribution in [0, 0.1) is 5.92 Å². The summed E-state index contributed by atoms with van der Waals surface area (Å²) in [7, 11) is 1.60. The Bertz CT molecular complexity index is 1440. The van der Waals surface area contributed by atoms with Gasteiger partial charge in [-0.3, -0.25) is 4.79 Å². The van der Waals surface area contributed by atoms with Gasteiger partial charge in [0.2, 0.25) is 5.95 Å². The van der Waals surface area contributed by atoms with Crippen LogP contribution in [0.3, 0.4) is 0 Å². The summed E-state index contributed by atoms with van der Waals surface area (Å²) in [6.07, 6.45) is -8.39. The maximum atomic E-state index is 13.8. The number of halogens is 7. The molecule has 1 aromatic heterocycles. The number of anilines is 3. The minimum atomic E-state index is -4.68. The first-order valence-electron chi connectivity index (χ1n) is 12.6. The normalized spacial score (nSPS) is 17.8. The van der Waals surface area contributed by atoms with E-state index in [2.05, 4.69) is 15.6 Å². The minimum absolute atomic E-state index is 0.0631. The molecule has 1 aliphatic heterocycles. The van der Waals surface area contributed by atoms with Gasteiger partial charge in [-0.2, -0.15) is 26.3 Å². The van der Waals surface area contributed by atoms with Gasteiger partial charge in [-0.05, 0) is 55.5 Å². The van der Waals surface area contributed by atoms with Gasteiger partial charge in [0.25, 0.3) is 5.91 Å². The van der Waals surface area contributed by atoms with Crippen molar-refractivity contribution >= 4 is 45.9 Å². The number of carbonyl (C=O) groups excluding carboxylic acids is 1. The highest BCUT2D eigenvalue weighted by molar-refractivity contribution is 6.34. The maximum absolute atomic E-state index is 13.8. The van der Waals surface area contributed by atoms with Gasteiger partial charge >= 0.3 is 12.4 Å². The molecule has 0 bridgehead atoms. The summed E-state index contributed by atoms with van der Waals surface area (Å²) in [5.74, 6) is -1.87. The lowest BCUT2D eigenvalue weighted by atomic mass is 9.96. The topological polar surface area (TPSA) is 82.4 Å². The predicted octanol–water partition coefficient (Wildman–Crippen LogP) is 5.91. The van der Waals surface area contributed by atoms with E-state index >= 15 is 0 Å². The highest BCUT2D eigenvalue weighted by Crippen LogP contribution is 2.40. The number of nitrogens with zero attached hydrogens (tertiary/aromatic N) is 3. The molecule has 3 aromatic rings. The van der Waals surface area contributed by atoms with Gasteiger partial charge in [-0.1, -0.05) is 17.7 Å². The molecule has 14 heteroatoms. The van der Waals surface area contributed by atoms with Crippen LogP contribution >= 0.6 is 11.6 Å². The first kappa shape index (κ1) is 28.3. The fourth-order valence-electron chi connectivity index (χ4n) is 4.87. The van der Waals surface area contributed by atoms with Crippen LogP contribution < -0.4 is 15.5 Å². The molecule has 0 atom stereocenters. The summed E-state index contributed by atoms with van der Waals surface area (Å²) >= 11 is 6.45. The van der Waals surface area contributed by atoms with Crippen LogP contribution in [0.25, 0.3) is 11.0 Å². The van der Waals surface area contributed by atoms with Gasteiger partial charge in [0.15, 0.2) is 0 Å². The van der Waals surface area contributed by atoms with Crippen molar-refractivity contribution < 1.29 is 36.2 Å². The zero-order chi connectivity index (χ0) is 29.0. The third kappa shape index (κ3) is 5.67. The van der Waals surface area contributed by atoms with Crippen molar-refractivity contribution in [1.82, 2.24) is 14.9 Å². The lowest BCUT2D eigenvalue weighted by Crippen LogP contribution is -2.39. The Morgan fingerprint density at radius 2 is 1.80 bits per heavy atom. The summed E-state index contributed by atoms with van der Waals surface area (Å²) in [5, 5.41) is 15.4. The standard InChI is InChI=1S/C26H26ClF6N5O2/c1-37-21-12-20(38-8-4-15(5-9-38)25(28,29)30)17(27)11-19(21)36-23(37)35-18-10-14(2-3-16(18)26(31,32)33)13-34-22(39)24(40)6-7-24/h2-3,10-12,15,40H,4-9,13H2,1H3,(H,34,39)(H,35,36). The Kier molecular flexibility index (Phi) is 7.10. The van der Waals surface area contributed by atoms with E-state index in [1.54, 1.807) is 18.0 Å². The maximum Gasteiger partial charge on any atom is 0.418 e. The van der Waals surface area contributed by atoms with Crippen molar-refractivity contribution in [1.29, 1.82) is 0 Å². The molecule has 1 saturated carbocycles. The molecule has 2 fully saturated rings. The van der Waals surface area contributed by atoms with Gasteiger partial charge in [0.1, 0.15) is 5.60 Å². The summed E-state index contributed by atoms with van der Waals surface area (Å²) in [6, 6.07) is 6.60. The number of hydrogen-bond acceptors (Lipinski definition) is 5. The van der Waals surface area contributed by atoms with Gasteiger partial charge in [-0.15, -0.1) is 0 Å². The number of rotatable bonds is 6. The molecule has 0 spiro atoms. The van der Waals surface area contributed by atoms with Crippen LogP contribution in [0.5, 0.6) is 0 Å². The Balaban J connectivity index is 1.41. The molecule has 0 radical (unpaired) electrons. The van der Waals surface area contributed by atoms with Crippen molar-refractivity contribution in [3.8, 4) is 0 Å². The highest BCUT2D eigenvalue weighted by atomic mass is 35.5. The Morgan fingerprint density at radius 3 is 2.40 bits per heavy atom. The fourth-order valence-corrected chi connectivity index (χ4v) is 5.15. The number of aryl methyl sites for hydroxylation is 1. The number of carbonyl (C=O) groups is 1. The number of aliphatic hydroxyl groups is 1. The first-order valence-corrected chi connectivity index (χ1v) is 13.0. The highest BCUT2D eigenvalue weighted by Gasteiger charge is 2.48. The van der Waals surface area contributed by atoms with Crippen LogP contribution in [-0.2, 0) is 24.6 Å². The summed E-state index contributed by atoms with van der Waals surface area (Å²) in [6.45, 7) is 0.239. The van der Waals surface area contributed by atoms with E-state index in [0.717, 1.165) is 6.07 Å². The van der Waals surface area contributed by atoms with E-state index in [1.807, 2.05) is 0 Å². The zero-order valence-electron chi connectivity index (χ0n) is 21.3. The van der Waals surface area contributed by atoms with Gasteiger partial charge in [0, 0.05) is 26.7 Å². The van der Waals surface area contributed by atoms with Crippen LogP contribution in [-0.4, -0.2) is 45.4 Å². The van der Waals surface area contributed by atoms with Crippen LogP contribution in [0.15, 0.2) is 30.3 Å².